The molecule has 0 aliphatic heterocycles. The fourth-order valence-electron chi connectivity index (χ4n) is 1.71. The fraction of sp³-hybridized carbons (Fsp3) is 1.00. The standard InChI is InChI=1S/C12H16F9I/c1-2-3-4-5-6-8(22)7-9(13,14)10(15,16)11(17,18)12(19,20)21/h8H,2-7H2,1H3. The molecule has 134 valence electrons. The lowest BCUT2D eigenvalue weighted by molar-refractivity contribution is -0.396. The molecule has 0 N–H and O–H groups in total. The van der Waals surface area contributed by atoms with E-state index in [1.807, 2.05) is 6.92 Å². The van der Waals surface area contributed by atoms with E-state index < -0.39 is 34.3 Å². The summed E-state index contributed by atoms with van der Waals surface area (Å²) < 4.78 is 113. The van der Waals surface area contributed by atoms with Gasteiger partial charge in [-0.25, -0.2) is 0 Å². The summed E-state index contributed by atoms with van der Waals surface area (Å²) in [6, 6.07) is 0. The van der Waals surface area contributed by atoms with E-state index in [4.69, 9.17) is 0 Å². The molecule has 22 heavy (non-hydrogen) atoms. The van der Waals surface area contributed by atoms with Gasteiger partial charge in [-0.3, -0.25) is 0 Å². The number of unbranched alkanes of at least 4 members (excludes halogenated alkanes) is 3. The molecule has 1 unspecified atom stereocenters. The van der Waals surface area contributed by atoms with Gasteiger partial charge in [-0.1, -0.05) is 55.2 Å². The summed E-state index contributed by atoms with van der Waals surface area (Å²) in [5.74, 6) is -18.7. The zero-order valence-electron chi connectivity index (χ0n) is 11.6. The molecule has 0 aliphatic carbocycles. The second kappa shape index (κ2) is 7.78. The van der Waals surface area contributed by atoms with E-state index in [1.165, 1.54) is 22.6 Å². The molecule has 0 rings (SSSR count). The van der Waals surface area contributed by atoms with Gasteiger partial charge >= 0.3 is 23.9 Å². The van der Waals surface area contributed by atoms with Crippen molar-refractivity contribution in [2.75, 3.05) is 0 Å². The minimum absolute atomic E-state index is 0.0455. The quantitative estimate of drug-likeness (QED) is 0.158. The third-order valence-corrected chi connectivity index (χ3v) is 4.12. The van der Waals surface area contributed by atoms with Crippen molar-refractivity contribution in [3.05, 3.63) is 0 Å². The van der Waals surface area contributed by atoms with Gasteiger partial charge in [0.25, 0.3) is 0 Å². The Balaban J connectivity index is 4.90. The number of hydrogen-bond donors (Lipinski definition) is 0. The summed E-state index contributed by atoms with van der Waals surface area (Å²) >= 11 is 1.37. The molecule has 1 atom stereocenters. The van der Waals surface area contributed by atoms with Crippen molar-refractivity contribution >= 4 is 22.6 Å². The first-order valence-corrected chi connectivity index (χ1v) is 7.79. The molecule has 0 heterocycles. The highest BCUT2D eigenvalue weighted by Crippen LogP contribution is 2.54. The van der Waals surface area contributed by atoms with Gasteiger partial charge in [0.1, 0.15) is 0 Å². The minimum Gasteiger partial charge on any atom is -0.200 e. The van der Waals surface area contributed by atoms with Crippen LogP contribution >= 0.6 is 22.6 Å². The molecule has 0 aromatic carbocycles. The molecule has 0 aromatic rings. The van der Waals surface area contributed by atoms with Gasteiger partial charge in [0, 0.05) is 10.3 Å². The number of alkyl halides is 10. The van der Waals surface area contributed by atoms with E-state index in [0.717, 1.165) is 12.8 Å². The van der Waals surface area contributed by atoms with Crippen LogP contribution in [0.3, 0.4) is 0 Å². The first-order valence-electron chi connectivity index (χ1n) is 6.55. The smallest absolute Gasteiger partial charge is 0.200 e. The molecule has 0 radical (unpaired) electrons. The van der Waals surface area contributed by atoms with E-state index in [9.17, 15) is 39.5 Å². The molecular formula is C12H16F9I. The van der Waals surface area contributed by atoms with Crippen LogP contribution in [0.5, 0.6) is 0 Å². The van der Waals surface area contributed by atoms with Crippen LogP contribution in [-0.2, 0) is 0 Å². The highest BCUT2D eigenvalue weighted by atomic mass is 127. The van der Waals surface area contributed by atoms with Crippen molar-refractivity contribution in [1.29, 1.82) is 0 Å². The van der Waals surface area contributed by atoms with Crippen molar-refractivity contribution in [3.8, 4) is 0 Å². The molecule has 0 saturated carbocycles. The topological polar surface area (TPSA) is 0 Å². The molecule has 0 bridgehead atoms. The van der Waals surface area contributed by atoms with Gasteiger partial charge in [-0.15, -0.1) is 0 Å². The SMILES string of the molecule is CCCCCCC(I)CC(F)(F)C(F)(F)C(F)(F)C(F)(F)F. The maximum Gasteiger partial charge on any atom is 0.460 e. The predicted octanol–water partition coefficient (Wildman–Crippen LogP) is 6.62. The maximum absolute atomic E-state index is 13.3. The number of rotatable bonds is 9. The van der Waals surface area contributed by atoms with Crippen molar-refractivity contribution in [2.24, 2.45) is 0 Å². The van der Waals surface area contributed by atoms with Crippen molar-refractivity contribution in [1.82, 2.24) is 0 Å². The van der Waals surface area contributed by atoms with Gasteiger partial charge in [-0.05, 0) is 6.42 Å². The predicted molar refractivity (Wildman–Crippen MR) is 72.1 cm³/mol. The zero-order valence-corrected chi connectivity index (χ0v) is 13.8. The molecular weight excluding hydrogens is 442 g/mol. The second-order valence-corrected chi connectivity index (χ2v) is 6.76. The Morgan fingerprint density at radius 1 is 0.773 bits per heavy atom. The van der Waals surface area contributed by atoms with Crippen LogP contribution < -0.4 is 0 Å². The Morgan fingerprint density at radius 3 is 1.68 bits per heavy atom. The van der Waals surface area contributed by atoms with Crippen LogP contribution in [0.1, 0.15) is 45.4 Å². The summed E-state index contributed by atoms with van der Waals surface area (Å²) in [6.07, 6.45) is -5.74. The Morgan fingerprint density at radius 2 is 1.27 bits per heavy atom. The number of hydrogen-bond acceptors (Lipinski definition) is 0. The van der Waals surface area contributed by atoms with Crippen molar-refractivity contribution in [2.45, 2.75) is 73.3 Å². The lowest BCUT2D eigenvalue weighted by atomic mass is 9.98. The van der Waals surface area contributed by atoms with Gasteiger partial charge in [0.15, 0.2) is 0 Å². The third-order valence-electron chi connectivity index (χ3n) is 3.06. The summed E-state index contributed by atoms with van der Waals surface area (Å²) in [5.41, 5.74) is 0. The summed E-state index contributed by atoms with van der Waals surface area (Å²) in [6.45, 7) is 1.88. The van der Waals surface area contributed by atoms with Gasteiger partial charge in [0.05, 0.1) is 0 Å². The highest BCUT2D eigenvalue weighted by Gasteiger charge is 2.81. The average molecular weight is 458 g/mol. The zero-order chi connectivity index (χ0) is 17.8. The third kappa shape index (κ3) is 5.05. The molecule has 0 amide bonds. The summed E-state index contributed by atoms with van der Waals surface area (Å²) in [4.78, 5) is 0. The molecule has 10 heteroatoms. The van der Waals surface area contributed by atoms with Crippen LogP contribution in [0.2, 0.25) is 0 Å². The molecule has 0 fully saturated rings. The molecule has 0 nitrogen and oxygen atoms in total. The Bertz CT molecular complexity index is 338. The molecule has 0 aromatic heterocycles. The van der Waals surface area contributed by atoms with Crippen LogP contribution in [0.25, 0.3) is 0 Å². The Labute approximate surface area is 136 Å². The number of halogens is 10. The van der Waals surface area contributed by atoms with Crippen molar-refractivity contribution < 1.29 is 39.5 Å². The lowest BCUT2D eigenvalue weighted by Gasteiger charge is -2.34. The first-order chi connectivity index (χ1) is 9.70. The maximum atomic E-state index is 13.3. The van der Waals surface area contributed by atoms with E-state index in [1.54, 1.807) is 0 Å². The van der Waals surface area contributed by atoms with E-state index in [2.05, 4.69) is 0 Å². The van der Waals surface area contributed by atoms with Gasteiger partial charge in [-0.2, -0.15) is 39.5 Å². The van der Waals surface area contributed by atoms with E-state index in [0.29, 0.717) is 12.8 Å². The molecule has 0 spiro atoms. The minimum atomic E-state index is -6.79. The monoisotopic (exact) mass is 458 g/mol. The first kappa shape index (κ1) is 22.1. The summed E-state index contributed by atoms with van der Waals surface area (Å²) in [5, 5.41) is 0. The average Bonchev–Trinajstić information content (AvgIpc) is 2.32. The highest BCUT2D eigenvalue weighted by molar-refractivity contribution is 14.1. The Hall–Kier alpha value is 0.1000. The molecule has 0 aliphatic rings. The second-order valence-electron chi connectivity index (χ2n) is 5.00. The largest absolute Gasteiger partial charge is 0.460 e. The van der Waals surface area contributed by atoms with Gasteiger partial charge < -0.3 is 0 Å². The lowest BCUT2D eigenvalue weighted by Crippen LogP contribution is -2.61. The van der Waals surface area contributed by atoms with E-state index >= 15 is 0 Å². The van der Waals surface area contributed by atoms with Crippen LogP contribution in [0, 0.1) is 0 Å². The normalized spacial score (nSPS) is 16.0. The fourth-order valence-corrected chi connectivity index (χ4v) is 2.70. The van der Waals surface area contributed by atoms with Crippen LogP contribution in [0.15, 0.2) is 0 Å². The van der Waals surface area contributed by atoms with Crippen molar-refractivity contribution in [3.63, 3.8) is 0 Å². The Kier molecular flexibility index (Phi) is 7.82. The summed E-state index contributed by atoms with van der Waals surface area (Å²) in [7, 11) is 0. The van der Waals surface area contributed by atoms with Crippen LogP contribution in [0.4, 0.5) is 39.5 Å². The van der Waals surface area contributed by atoms with Gasteiger partial charge in [0.2, 0.25) is 0 Å². The van der Waals surface area contributed by atoms with E-state index in [-0.39, 0.29) is 6.42 Å². The molecule has 0 saturated heterocycles. The van der Waals surface area contributed by atoms with Crippen LogP contribution in [-0.4, -0.2) is 27.9 Å².